The van der Waals surface area contributed by atoms with Gasteiger partial charge in [0.15, 0.2) is 0 Å². The summed E-state index contributed by atoms with van der Waals surface area (Å²) in [6.07, 6.45) is 17.6. The van der Waals surface area contributed by atoms with Crippen LogP contribution in [0.2, 0.25) is 0 Å². The van der Waals surface area contributed by atoms with E-state index in [4.69, 9.17) is 0 Å². The van der Waals surface area contributed by atoms with Crippen molar-refractivity contribution in [3.05, 3.63) is 0 Å². The van der Waals surface area contributed by atoms with Crippen molar-refractivity contribution in [2.75, 3.05) is 0 Å². The summed E-state index contributed by atoms with van der Waals surface area (Å²) in [4.78, 5) is 0. The summed E-state index contributed by atoms with van der Waals surface area (Å²) in [5, 5.41) is 0. The minimum absolute atomic E-state index is 0.148. The van der Waals surface area contributed by atoms with Gasteiger partial charge in [-0.25, -0.2) is 4.39 Å². The van der Waals surface area contributed by atoms with Crippen molar-refractivity contribution in [2.24, 2.45) is 64.1 Å². The predicted octanol–water partition coefficient (Wildman–Crippen LogP) is 10.5. The van der Waals surface area contributed by atoms with Gasteiger partial charge >= 0.3 is 0 Å². The molecule has 198 valence electrons. The summed E-state index contributed by atoms with van der Waals surface area (Å²) in [6.45, 7) is 17.9. The molecule has 11 atom stereocenters. The third-order valence-electron chi connectivity index (χ3n) is 12.7. The fraction of sp³-hybridized carbons (Fsp3) is 1.00. The first-order chi connectivity index (χ1) is 16.1. The fourth-order valence-electron chi connectivity index (χ4n) is 10.9. The number of alkyl halides is 1. The predicted molar refractivity (Wildman–Crippen MR) is 146 cm³/mol. The second-order valence-electron chi connectivity index (χ2n) is 14.8. The second-order valence-corrected chi connectivity index (χ2v) is 14.8. The van der Waals surface area contributed by atoms with Gasteiger partial charge in [0, 0.05) is 0 Å². The van der Waals surface area contributed by atoms with Crippen LogP contribution >= 0.6 is 0 Å². The Morgan fingerprint density at radius 2 is 1.59 bits per heavy atom. The van der Waals surface area contributed by atoms with E-state index < -0.39 is 6.17 Å². The van der Waals surface area contributed by atoms with Crippen LogP contribution in [0.5, 0.6) is 0 Å². The van der Waals surface area contributed by atoms with Gasteiger partial charge in [0.05, 0.1) is 0 Å². The quantitative estimate of drug-likeness (QED) is 0.373. The fourth-order valence-corrected chi connectivity index (χ4v) is 10.9. The summed E-state index contributed by atoms with van der Waals surface area (Å²) in [5.74, 6) is 7.05. The Labute approximate surface area is 213 Å². The number of hydrogen-bond acceptors (Lipinski definition) is 0. The Kier molecular flexibility index (Phi) is 8.52. The van der Waals surface area contributed by atoms with Crippen molar-refractivity contribution in [3.63, 3.8) is 0 Å². The minimum Gasteiger partial charge on any atom is -0.247 e. The van der Waals surface area contributed by atoms with Crippen molar-refractivity contribution in [1.29, 1.82) is 0 Å². The molecular weight excluding hydrogens is 415 g/mol. The lowest BCUT2D eigenvalue weighted by molar-refractivity contribution is -0.192. The summed E-state index contributed by atoms with van der Waals surface area (Å²) in [6, 6.07) is 0. The van der Waals surface area contributed by atoms with Crippen molar-refractivity contribution in [2.45, 2.75) is 145 Å². The molecule has 0 N–H and O–H groups in total. The summed E-state index contributed by atoms with van der Waals surface area (Å²) in [7, 11) is 0. The highest BCUT2D eigenvalue weighted by Gasteiger charge is 2.63. The molecule has 1 heteroatoms. The van der Waals surface area contributed by atoms with Gasteiger partial charge in [-0.2, -0.15) is 0 Å². The van der Waals surface area contributed by atoms with Crippen LogP contribution in [0.1, 0.15) is 138 Å². The van der Waals surface area contributed by atoms with E-state index in [0.717, 1.165) is 54.8 Å². The average molecular weight is 475 g/mol. The van der Waals surface area contributed by atoms with Crippen LogP contribution in [0, 0.1) is 64.1 Å². The highest BCUT2D eigenvalue weighted by molar-refractivity contribution is 5.11. The maximum atomic E-state index is 15.8. The molecule has 4 rings (SSSR count). The lowest BCUT2D eigenvalue weighted by Gasteiger charge is -2.67. The molecule has 8 unspecified atom stereocenters. The normalized spacial score (nSPS) is 50.9. The van der Waals surface area contributed by atoms with Crippen molar-refractivity contribution in [1.82, 2.24) is 0 Å². The number of hydrogen-bond donors (Lipinski definition) is 0. The Morgan fingerprint density at radius 1 is 0.853 bits per heavy atom. The van der Waals surface area contributed by atoms with Crippen LogP contribution in [0.15, 0.2) is 0 Å². The van der Waals surface area contributed by atoms with Crippen LogP contribution in [-0.2, 0) is 0 Å². The zero-order chi connectivity index (χ0) is 24.7. The van der Waals surface area contributed by atoms with E-state index in [1.165, 1.54) is 70.6 Å². The van der Waals surface area contributed by atoms with E-state index in [9.17, 15) is 0 Å². The maximum Gasteiger partial charge on any atom is 0.101 e. The van der Waals surface area contributed by atoms with Crippen molar-refractivity contribution in [3.8, 4) is 0 Å². The monoisotopic (exact) mass is 474 g/mol. The van der Waals surface area contributed by atoms with E-state index in [0.29, 0.717) is 23.2 Å². The Bertz CT molecular complexity index is 655. The van der Waals surface area contributed by atoms with Gasteiger partial charge in [0.25, 0.3) is 0 Å². The Balaban J connectivity index is 1.91. The van der Waals surface area contributed by atoms with Gasteiger partial charge in [-0.15, -0.1) is 0 Å². The summed E-state index contributed by atoms with van der Waals surface area (Å²) >= 11 is 0. The Morgan fingerprint density at radius 3 is 2.29 bits per heavy atom. The lowest BCUT2D eigenvalue weighted by atomic mass is 9.37. The molecule has 0 nitrogen and oxygen atoms in total. The first-order valence-corrected chi connectivity index (χ1v) is 15.8. The standard InChI is InChI=1S/C33H59F/c1-8-26-13-9-10-14-27-18-25(6)32(7)21-28(34)15-11-12-24(5)30-17-16-23(4)20-33(30,22(2)3)31(32)29(27)19-26/h22-31H,8-21H2,1-7H3/t23?,24-,25-,26?,27?,28?,29?,30?,31?,32?,33+/m0/s1. The lowest BCUT2D eigenvalue weighted by Crippen LogP contribution is -2.61. The van der Waals surface area contributed by atoms with Crippen molar-refractivity contribution >= 4 is 0 Å². The van der Waals surface area contributed by atoms with Gasteiger partial charge in [0.2, 0.25) is 0 Å². The molecular formula is C33H59F. The van der Waals surface area contributed by atoms with Crippen LogP contribution in [0.4, 0.5) is 4.39 Å². The van der Waals surface area contributed by atoms with Gasteiger partial charge in [-0.05, 0) is 103 Å². The third kappa shape index (κ3) is 4.78. The van der Waals surface area contributed by atoms with E-state index in [1.807, 2.05) is 0 Å². The molecule has 0 aromatic rings. The smallest absolute Gasteiger partial charge is 0.101 e. The molecule has 0 bridgehead atoms. The molecule has 0 radical (unpaired) electrons. The molecule has 0 spiro atoms. The zero-order valence-electron chi connectivity index (χ0n) is 24.1. The third-order valence-corrected chi connectivity index (χ3v) is 12.7. The molecule has 0 heterocycles. The van der Waals surface area contributed by atoms with Crippen molar-refractivity contribution < 1.29 is 4.39 Å². The van der Waals surface area contributed by atoms with E-state index in [-0.39, 0.29) is 5.41 Å². The molecule has 34 heavy (non-hydrogen) atoms. The second kappa shape index (κ2) is 10.7. The van der Waals surface area contributed by atoms with Crippen LogP contribution in [-0.4, -0.2) is 6.17 Å². The molecule has 0 aromatic carbocycles. The van der Waals surface area contributed by atoms with Crippen LogP contribution in [0.25, 0.3) is 0 Å². The van der Waals surface area contributed by atoms with Crippen LogP contribution in [0.3, 0.4) is 0 Å². The van der Waals surface area contributed by atoms with Crippen LogP contribution < -0.4 is 0 Å². The molecule has 4 aliphatic carbocycles. The molecule has 4 aliphatic rings. The Hall–Kier alpha value is -0.0700. The highest BCUT2D eigenvalue weighted by atomic mass is 19.1. The zero-order valence-corrected chi connectivity index (χ0v) is 24.1. The molecule has 0 aliphatic heterocycles. The molecule has 0 amide bonds. The number of halogens is 1. The van der Waals surface area contributed by atoms with E-state index in [2.05, 4.69) is 48.5 Å². The SMILES string of the molecule is CCC1CCCCC2C[C@H](C)C3(C)CC(F)CCC[C@H](C)C4CCC(C)C[C@]4(C(C)C)C3C2C1. The van der Waals surface area contributed by atoms with E-state index >= 15 is 4.39 Å². The number of rotatable bonds is 2. The first kappa shape index (κ1) is 27.0. The summed E-state index contributed by atoms with van der Waals surface area (Å²) < 4.78 is 15.8. The molecule has 4 saturated carbocycles. The summed E-state index contributed by atoms with van der Waals surface area (Å²) in [5.41, 5.74) is 0.534. The maximum absolute atomic E-state index is 15.8. The van der Waals surface area contributed by atoms with Gasteiger partial charge in [-0.1, -0.05) is 99.8 Å². The minimum atomic E-state index is -0.601. The topological polar surface area (TPSA) is 0 Å². The van der Waals surface area contributed by atoms with E-state index in [1.54, 1.807) is 0 Å². The van der Waals surface area contributed by atoms with Gasteiger partial charge in [0.1, 0.15) is 6.17 Å². The molecule has 0 aromatic heterocycles. The van der Waals surface area contributed by atoms with Gasteiger partial charge < -0.3 is 0 Å². The molecule has 4 fully saturated rings. The van der Waals surface area contributed by atoms with Gasteiger partial charge in [-0.3, -0.25) is 0 Å². The average Bonchev–Trinajstić information content (AvgIpc) is 2.76. The highest BCUT2D eigenvalue weighted by Crippen LogP contribution is 2.69. The number of fused-ring (bicyclic) bond motifs is 5. The first-order valence-electron chi connectivity index (χ1n) is 15.8. The largest absolute Gasteiger partial charge is 0.247 e. The molecule has 0 saturated heterocycles.